The molecule has 0 spiro atoms. The van der Waals surface area contributed by atoms with Gasteiger partial charge in [-0.15, -0.1) is 0 Å². The molecule has 0 aliphatic carbocycles. The average Bonchev–Trinajstić information content (AvgIpc) is 2.79. The van der Waals surface area contributed by atoms with E-state index in [1.807, 2.05) is 6.92 Å². The summed E-state index contributed by atoms with van der Waals surface area (Å²) >= 11 is 5.89. The fourth-order valence-electron chi connectivity index (χ4n) is 2.56. The van der Waals surface area contributed by atoms with Crippen molar-refractivity contribution in [3.63, 3.8) is 0 Å². The van der Waals surface area contributed by atoms with Gasteiger partial charge in [0.2, 0.25) is 0 Å². The van der Waals surface area contributed by atoms with E-state index in [1.165, 1.54) is 12.1 Å². The molecule has 7 nitrogen and oxygen atoms in total. The normalized spacial score (nSPS) is 23.4. The second-order valence-corrected chi connectivity index (χ2v) is 7.21. The van der Waals surface area contributed by atoms with Crippen molar-refractivity contribution in [3.05, 3.63) is 33.3 Å². The summed E-state index contributed by atoms with van der Waals surface area (Å²) in [6.45, 7) is 1.70. The molecule has 0 aromatic heterocycles. The third-order valence-corrected chi connectivity index (χ3v) is 6.17. The van der Waals surface area contributed by atoms with E-state index >= 15 is 0 Å². The van der Waals surface area contributed by atoms with Crippen molar-refractivity contribution < 1.29 is 18.4 Å². The van der Waals surface area contributed by atoms with Gasteiger partial charge < -0.3 is 5.11 Å². The molecule has 2 atom stereocenters. The Morgan fingerprint density at radius 1 is 1.52 bits per heavy atom. The van der Waals surface area contributed by atoms with Gasteiger partial charge in [0.25, 0.3) is 15.7 Å². The van der Waals surface area contributed by atoms with Crippen LogP contribution in [0.5, 0.6) is 0 Å². The van der Waals surface area contributed by atoms with Gasteiger partial charge in [-0.05, 0) is 18.4 Å². The zero-order valence-electron chi connectivity index (χ0n) is 11.3. The van der Waals surface area contributed by atoms with E-state index in [0.29, 0.717) is 6.42 Å². The lowest BCUT2D eigenvalue weighted by molar-refractivity contribution is -0.387. The number of aliphatic hydroxyl groups excluding tert-OH is 1. The zero-order chi connectivity index (χ0) is 15.8. The lowest BCUT2D eigenvalue weighted by Crippen LogP contribution is -2.40. The van der Waals surface area contributed by atoms with Crippen molar-refractivity contribution in [2.45, 2.75) is 24.3 Å². The maximum absolute atomic E-state index is 12.7. The highest BCUT2D eigenvalue weighted by Crippen LogP contribution is 2.37. The quantitative estimate of drug-likeness (QED) is 0.666. The predicted molar refractivity (Wildman–Crippen MR) is 76.7 cm³/mol. The van der Waals surface area contributed by atoms with Crippen LogP contribution in [0.15, 0.2) is 23.1 Å². The van der Waals surface area contributed by atoms with Crippen molar-refractivity contribution >= 4 is 27.3 Å². The van der Waals surface area contributed by atoms with Crippen LogP contribution >= 0.6 is 11.6 Å². The molecule has 1 fully saturated rings. The molecule has 2 rings (SSSR count). The molecule has 116 valence electrons. The summed E-state index contributed by atoms with van der Waals surface area (Å²) < 4.78 is 26.5. The summed E-state index contributed by atoms with van der Waals surface area (Å²) in [6.07, 6.45) is 0.586. The maximum atomic E-state index is 12.7. The molecule has 2 unspecified atom stereocenters. The van der Waals surface area contributed by atoms with E-state index < -0.39 is 31.6 Å². The lowest BCUT2D eigenvalue weighted by Gasteiger charge is -2.24. The largest absolute Gasteiger partial charge is 0.395 e. The minimum Gasteiger partial charge on any atom is -0.395 e. The van der Waals surface area contributed by atoms with Crippen molar-refractivity contribution in [3.8, 4) is 0 Å². The Balaban J connectivity index is 2.58. The number of hydrogen-bond donors (Lipinski definition) is 1. The van der Waals surface area contributed by atoms with Crippen LogP contribution in [0.1, 0.15) is 13.3 Å². The molecule has 1 saturated heterocycles. The molecule has 1 heterocycles. The first-order chi connectivity index (χ1) is 9.80. The van der Waals surface area contributed by atoms with Crippen LogP contribution in [-0.4, -0.2) is 41.9 Å². The van der Waals surface area contributed by atoms with Crippen LogP contribution in [0.4, 0.5) is 5.69 Å². The number of hydrogen-bond acceptors (Lipinski definition) is 5. The fourth-order valence-corrected chi connectivity index (χ4v) is 4.95. The number of sulfonamides is 1. The van der Waals surface area contributed by atoms with Crippen LogP contribution in [0.3, 0.4) is 0 Å². The van der Waals surface area contributed by atoms with Crippen molar-refractivity contribution in [1.82, 2.24) is 4.31 Å². The van der Waals surface area contributed by atoms with Gasteiger partial charge in [0, 0.05) is 12.6 Å². The number of nitro groups is 1. The van der Waals surface area contributed by atoms with Crippen LogP contribution in [0, 0.1) is 16.0 Å². The standard InChI is InChI=1S/C12H15ClN2O5S/c1-8-5-6-14(11(8)7-16)21(19,20)12-9(13)3-2-4-10(12)15(17)18/h2-4,8,11,16H,5-7H2,1H3. The molecular weight excluding hydrogens is 320 g/mol. The van der Waals surface area contributed by atoms with Gasteiger partial charge in [0.1, 0.15) is 0 Å². The van der Waals surface area contributed by atoms with E-state index in [1.54, 1.807) is 0 Å². The summed E-state index contributed by atoms with van der Waals surface area (Å²) in [4.78, 5) is 9.78. The third kappa shape index (κ3) is 2.76. The number of halogens is 1. The number of nitro benzene ring substituents is 1. The van der Waals surface area contributed by atoms with Gasteiger partial charge >= 0.3 is 0 Å². The highest BCUT2D eigenvalue weighted by Gasteiger charge is 2.42. The first-order valence-corrected chi connectivity index (χ1v) is 8.18. The topological polar surface area (TPSA) is 101 Å². The minimum absolute atomic E-state index is 0.0219. The highest BCUT2D eigenvalue weighted by atomic mass is 35.5. The maximum Gasteiger partial charge on any atom is 0.290 e. The van der Waals surface area contributed by atoms with Gasteiger partial charge in [0.15, 0.2) is 4.90 Å². The molecule has 0 bridgehead atoms. The molecule has 0 radical (unpaired) electrons. The smallest absolute Gasteiger partial charge is 0.290 e. The first-order valence-electron chi connectivity index (χ1n) is 6.36. The Labute approximate surface area is 127 Å². The highest BCUT2D eigenvalue weighted by molar-refractivity contribution is 7.89. The van der Waals surface area contributed by atoms with E-state index in [9.17, 15) is 23.6 Å². The molecule has 0 amide bonds. The monoisotopic (exact) mass is 334 g/mol. The molecule has 1 N–H and O–H groups in total. The Morgan fingerprint density at radius 2 is 2.19 bits per heavy atom. The van der Waals surface area contributed by atoms with Gasteiger partial charge in [0.05, 0.1) is 22.6 Å². The summed E-state index contributed by atoms with van der Waals surface area (Å²) in [6, 6.07) is 3.14. The second kappa shape index (κ2) is 5.88. The summed E-state index contributed by atoms with van der Waals surface area (Å²) in [5.41, 5.74) is -0.557. The molecule has 1 aromatic carbocycles. The molecule has 0 saturated carbocycles. The van der Waals surface area contributed by atoms with E-state index in [2.05, 4.69) is 0 Å². The molecule has 1 aliphatic heterocycles. The molecule has 1 aromatic rings. The number of rotatable bonds is 4. The molecule has 21 heavy (non-hydrogen) atoms. The van der Waals surface area contributed by atoms with Crippen LogP contribution < -0.4 is 0 Å². The third-order valence-electron chi connectivity index (χ3n) is 3.73. The molecule has 1 aliphatic rings. The number of aliphatic hydroxyl groups is 1. The van der Waals surface area contributed by atoms with E-state index in [-0.39, 0.29) is 24.1 Å². The minimum atomic E-state index is -4.14. The number of nitrogens with zero attached hydrogens (tertiary/aromatic N) is 2. The predicted octanol–water partition coefficient (Wildman–Crippen LogP) is 1.64. The second-order valence-electron chi connectivity index (χ2n) is 4.98. The fraction of sp³-hybridized carbons (Fsp3) is 0.500. The van der Waals surface area contributed by atoms with Crippen LogP contribution in [0.25, 0.3) is 0 Å². The van der Waals surface area contributed by atoms with Crippen molar-refractivity contribution in [2.24, 2.45) is 5.92 Å². The van der Waals surface area contributed by atoms with Crippen LogP contribution in [-0.2, 0) is 10.0 Å². The van der Waals surface area contributed by atoms with Gasteiger partial charge in [-0.1, -0.05) is 24.6 Å². The van der Waals surface area contributed by atoms with Gasteiger partial charge in [-0.25, -0.2) is 8.42 Å². The molecule has 9 heteroatoms. The summed E-state index contributed by atoms with van der Waals surface area (Å²) in [5.74, 6) is -0.0219. The van der Waals surface area contributed by atoms with Crippen molar-refractivity contribution in [2.75, 3.05) is 13.2 Å². The Bertz CT molecular complexity index is 664. The first kappa shape index (κ1) is 16.2. The Kier molecular flexibility index (Phi) is 4.52. The van der Waals surface area contributed by atoms with E-state index in [0.717, 1.165) is 10.4 Å². The zero-order valence-corrected chi connectivity index (χ0v) is 12.8. The summed E-state index contributed by atoms with van der Waals surface area (Å²) in [5, 5.41) is 20.3. The SMILES string of the molecule is CC1CCN(S(=O)(=O)c2c(Cl)cccc2[N+](=O)[O-])C1CO. The Morgan fingerprint density at radius 3 is 2.76 bits per heavy atom. The van der Waals surface area contributed by atoms with Gasteiger partial charge in [-0.2, -0.15) is 4.31 Å². The number of benzene rings is 1. The van der Waals surface area contributed by atoms with Crippen molar-refractivity contribution in [1.29, 1.82) is 0 Å². The van der Waals surface area contributed by atoms with Gasteiger partial charge in [-0.3, -0.25) is 10.1 Å². The van der Waals surface area contributed by atoms with E-state index in [4.69, 9.17) is 11.6 Å². The Hall–Kier alpha value is -1.22. The summed E-state index contributed by atoms with van der Waals surface area (Å²) in [7, 11) is -4.14. The lowest BCUT2D eigenvalue weighted by atomic mass is 10.0. The molecular formula is C12H15ClN2O5S. The van der Waals surface area contributed by atoms with Crippen LogP contribution in [0.2, 0.25) is 5.02 Å². The average molecular weight is 335 g/mol.